The third-order valence-corrected chi connectivity index (χ3v) is 7.97. The van der Waals surface area contributed by atoms with Gasteiger partial charge in [-0.15, -0.1) is 0 Å². The van der Waals surface area contributed by atoms with Crippen LogP contribution in [0.4, 0.5) is 5.69 Å². The molecule has 43 heavy (non-hydrogen) atoms. The van der Waals surface area contributed by atoms with Crippen LogP contribution >= 0.6 is 0 Å². The van der Waals surface area contributed by atoms with Crippen molar-refractivity contribution in [3.63, 3.8) is 0 Å². The Morgan fingerprint density at radius 1 is 1.02 bits per heavy atom. The van der Waals surface area contributed by atoms with Gasteiger partial charge in [0.25, 0.3) is 0 Å². The Labute approximate surface area is 255 Å². The molecule has 10 heteroatoms. The van der Waals surface area contributed by atoms with E-state index in [0.717, 1.165) is 67.8 Å². The largest absolute Gasteiger partial charge is 0.379 e. The molecule has 0 unspecified atom stereocenters. The number of nitrogens with zero attached hydrogens (tertiary/aromatic N) is 4. The fourth-order valence-corrected chi connectivity index (χ4v) is 5.29. The molecule has 0 aliphatic carbocycles. The molecular formula is C33H48N6O4. The van der Waals surface area contributed by atoms with Crippen LogP contribution in [0.1, 0.15) is 43.9 Å². The average Bonchev–Trinajstić information content (AvgIpc) is 3.36. The van der Waals surface area contributed by atoms with E-state index in [4.69, 9.17) is 9.47 Å². The molecule has 2 aromatic heterocycles. The van der Waals surface area contributed by atoms with Gasteiger partial charge >= 0.3 is 0 Å². The maximum absolute atomic E-state index is 13.1. The number of anilines is 1. The molecule has 3 heterocycles. The second kappa shape index (κ2) is 17.1. The summed E-state index contributed by atoms with van der Waals surface area (Å²) in [6.45, 7) is 10.9. The Morgan fingerprint density at radius 3 is 2.51 bits per heavy atom. The molecule has 0 radical (unpaired) electrons. The minimum Gasteiger partial charge on any atom is -0.379 e. The van der Waals surface area contributed by atoms with Gasteiger partial charge in [-0.05, 0) is 63.7 Å². The van der Waals surface area contributed by atoms with Crippen molar-refractivity contribution in [3.05, 3.63) is 59.9 Å². The van der Waals surface area contributed by atoms with E-state index in [1.54, 1.807) is 0 Å². The molecule has 10 nitrogen and oxygen atoms in total. The molecule has 1 aliphatic rings. The predicted octanol–water partition coefficient (Wildman–Crippen LogP) is 3.83. The monoisotopic (exact) mass is 592 g/mol. The van der Waals surface area contributed by atoms with Gasteiger partial charge in [0.1, 0.15) is 5.65 Å². The number of likely N-dealkylation sites (tertiary alicyclic amines) is 1. The first-order valence-electron chi connectivity index (χ1n) is 15.6. The van der Waals surface area contributed by atoms with Crippen LogP contribution in [-0.4, -0.2) is 96.9 Å². The van der Waals surface area contributed by atoms with E-state index in [9.17, 15) is 9.59 Å². The normalized spacial score (nSPS) is 14.1. The lowest BCUT2D eigenvalue weighted by atomic mass is 10.0. The van der Waals surface area contributed by atoms with Crippen molar-refractivity contribution in [3.8, 4) is 0 Å². The fraction of sp³-hybridized carbons (Fsp3) is 0.545. The van der Waals surface area contributed by atoms with Crippen molar-refractivity contribution in [1.82, 2.24) is 24.7 Å². The lowest BCUT2D eigenvalue weighted by molar-refractivity contribution is -0.132. The van der Waals surface area contributed by atoms with Crippen molar-refractivity contribution in [1.29, 1.82) is 0 Å². The van der Waals surface area contributed by atoms with Crippen molar-refractivity contribution in [2.75, 3.05) is 65.0 Å². The van der Waals surface area contributed by atoms with Crippen LogP contribution in [0.5, 0.6) is 0 Å². The summed E-state index contributed by atoms with van der Waals surface area (Å²) >= 11 is 0. The van der Waals surface area contributed by atoms with E-state index < -0.39 is 0 Å². The summed E-state index contributed by atoms with van der Waals surface area (Å²) in [4.78, 5) is 33.9. The topological polar surface area (TPSA) is 101 Å². The second-order valence-corrected chi connectivity index (χ2v) is 11.3. The fourth-order valence-electron chi connectivity index (χ4n) is 5.29. The number of carbonyl (C=O) groups excluding carboxylic acids is 2. The first-order chi connectivity index (χ1) is 20.9. The number of hydrogen-bond acceptors (Lipinski definition) is 7. The lowest BCUT2D eigenvalue weighted by Gasteiger charge is -2.32. The maximum atomic E-state index is 13.1. The SMILES string of the molecule is CCN(C)Cc1cc2cccnc2n1CCC(=O)N1CCC(NCCOCCOCCC(=O)Nc2ccc(C)cc2)CC1. The van der Waals surface area contributed by atoms with Gasteiger partial charge in [-0.3, -0.25) is 9.59 Å². The summed E-state index contributed by atoms with van der Waals surface area (Å²) in [7, 11) is 2.11. The molecule has 4 rings (SSSR count). The molecule has 2 amide bonds. The molecule has 1 aliphatic heterocycles. The van der Waals surface area contributed by atoms with Gasteiger partial charge in [0.2, 0.25) is 11.8 Å². The van der Waals surface area contributed by atoms with Gasteiger partial charge in [0.05, 0.1) is 32.8 Å². The highest BCUT2D eigenvalue weighted by Crippen LogP contribution is 2.20. The zero-order chi connectivity index (χ0) is 30.4. The standard InChI is InChI=1S/C33H48N6O4/c1-4-37(3)25-30-24-27-6-5-15-35-33(27)39(30)19-13-32(41)38-17-11-28(12-18-38)34-16-21-43-23-22-42-20-14-31(40)36-29-9-7-26(2)8-10-29/h5-10,15,24,28,34H,4,11-14,16-23,25H2,1-3H3,(H,36,40). The minimum atomic E-state index is -0.0573. The Balaban J connectivity index is 1.04. The molecule has 1 aromatic carbocycles. The zero-order valence-corrected chi connectivity index (χ0v) is 26.0. The molecule has 3 aromatic rings. The summed E-state index contributed by atoms with van der Waals surface area (Å²) in [5, 5.41) is 7.55. The Morgan fingerprint density at radius 2 is 1.77 bits per heavy atom. The summed E-state index contributed by atoms with van der Waals surface area (Å²) in [6.07, 6.45) is 4.50. The van der Waals surface area contributed by atoms with Crippen LogP contribution in [0.15, 0.2) is 48.7 Å². The Hall–Kier alpha value is -3.31. The van der Waals surface area contributed by atoms with E-state index in [0.29, 0.717) is 51.9 Å². The molecular weight excluding hydrogens is 544 g/mol. The molecule has 0 atom stereocenters. The number of aromatic nitrogens is 2. The molecule has 0 saturated carbocycles. The Kier molecular flexibility index (Phi) is 13.0. The van der Waals surface area contributed by atoms with Crippen LogP contribution < -0.4 is 10.6 Å². The van der Waals surface area contributed by atoms with Gasteiger partial charge in [-0.1, -0.05) is 24.6 Å². The maximum Gasteiger partial charge on any atom is 0.226 e. The number of benzene rings is 1. The van der Waals surface area contributed by atoms with Gasteiger partial charge < -0.3 is 34.5 Å². The zero-order valence-electron chi connectivity index (χ0n) is 26.0. The number of piperidine rings is 1. The van der Waals surface area contributed by atoms with Crippen LogP contribution in [0, 0.1) is 6.92 Å². The summed E-state index contributed by atoms with van der Waals surface area (Å²) in [6, 6.07) is 14.4. The third kappa shape index (κ3) is 10.4. The minimum absolute atomic E-state index is 0.0573. The first-order valence-corrected chi connectivity index (χ1v) is 15.6. The predicted molar refractivity (Wildman–Crippen MR) is 170 cm³/mol. The Bertz CT molecular complexity index is 1290. The van der Waals surface area contributed by atoms with E-state index in [-0.39, 0.29) is 11.8 Å². The van der Waals surface area contributed by atoms with Crippen LogP contribution in [0.25, 0.3) is 11.0 Å². The first kappa shape index (κ1) is 32.6. The van der Waals surface area contributed by atoms with E-state index in [1.165, 1.54) is 5.69 Å². The number of pyridine rings is 1. The molecule has 0 spiro atoms. The highest BCUT2D eigenvalue weighted by molar-refractivity contribution is 5.90. The van der Waals surface area contributed by atoms with E-state index >= 15 is 0 Å². The van der Waals surface area contributed by atoms with Gasteiger partial charge in [0, 0.05) is 68.2 Å². The van der Waals surface area contributed by atoms with Crippen molar-refractivity contribution in [2.45, 2.75) is 58.7 Å². The van der Waals surface area contributed by atoms with Gasteiger partial charge in [-0.25, -0.2) is 4.98 Å². The van der Waals surface area contributed by atoms with Crippen LogP contribution in [-0.2, 0) is 32.2 Å². The molecule has 234 valence electrons. The highest BCUT2D eigenvalue weighted by Gasteiger charge is 2.23. The molecule has 0 bridgehead atoms. The molecule has 2 N–H and O–H groups in total. The highest BCUT2D eigenvalue weighted by atomic mass is 16.5. The smallest absolute Gasteiger partial charge is 0.226 e. The van der Waals surface area contributed by atoms with Crippen molar-refractivity contribution in [2.24, 2.45) is 0 Å². The summed E-state index contributed by atoms with van der Waals surface area (Å²) < 4.78 is 13.4. The summed E-state index contributed by atoms with van der Waals surface area (Å²) in [5.74, 6) is 0.153. The van der Waals surface area contributed by atoms with Gasteiger partial charge in [-0.2, -0.15) is 0 Å². The molecule has 1 fully saturated rings. The number of ether oxygens (including phenoxy) is 2. The second-order valence-electron chi connectivity index (χ2n) is 11.3. The third-order valence-electron chi connectivity index (χ3n) is 7.97. The van der Waals surface area contributed by atoms with Crippen molar-refractivity contribution >= 4 is 28.5 Å². The number of carbonyl (C=O) groups is 2. The number of rotatable bonds is 17. The quantitative estimate of drug-likeness (QED) is 0.230. The average molecular weight is 593 g/mol. The number of amides is 2. The van der Waals surface area contributed by atoms with Crippen LogP contribution in [0.3, 0.4) is 0 Å². The van der Waals surface area contributed by atoms with Crippen LogP contribution in [0.2, 0.25) is 0 Å². The summed E-state index contributed by atoms with van der Waals surface area (Å²) in [5.41, 5.74) is 4.11. The number of fused-ring (bicyclic) bond motifs is 1. The van der Waals surface area contributed by atoms with Crippen molar-refractivity contribution < 1.29 is 19.1 Å². The number of hydrogen-bond donors (Lipinski definition) is 2. The van der Waals surface area contributed by atoms with Gasteiger partial charge in [0.15, 0.2) is 0 Å². The molecule has 1 saturated heterocycles. The number of aryl methyl sites for hydroxylation is 2. The van der Waals surface area contributed by atoms with E-state index in [1.807, 2.05) is 48.4 Å². The lowest BCUT2D eigenvalue weighted by Crippen LogP contribution is -2.45. The van der Waals surface area contributed by atoms with E-state index in [2.05, 4.69) is 51.2 Å². The number of nitrogens with one attached hydrogen (secondary N) is 2.